The molecule has 0 radical (unpaired) electrons. The molecule has 2 nitrogen and oxygen atoms in total. The van der Waals surface area contributed by atoms with E-state index in [1.807, 2.05) is 0 Å². The first-order chi connectivity index (χ1) is 11.1. The highest BCUT2D eigenvalue weighted by Crippen LogP contribution is 2.56. The third-order valence-corrected chi connectivity index (χ3v) is 6.38. The van der Waals surface area contributed by atoms with Gasteiger partial charge in [-0.15, -0.1) is 0 Å². The fourth-order valence-corrected chi connectivity index (χ4v) is 5.27. The number of nitrogens with one attached hydrogen (secondary N) is 2. The first-order valence-corrected chi connectivity index (χ1v) is 9.37. The van der Waals surface area contributed by atoms with Gasteiger partial charge in [0.25, 0.3) is 0 Å². The number of allylic oxidation sites excluding steroid dienone is 2. The molecule has 3 aliphatic rings. The second kappa shape index (κ2) is 5.94. The van der Waals surface area contributed by atoms with Crippen LogP contribution in [0.15, 0.2) is 36.4 Å². The number of hydrogen-bond acceptors (Lipinski definition) is 1. The fraction of sp³-hybridized carbons (Fsp3) is 0.550. The van der Waals surface area contributed by atoms with Gasteiger partial charge in [0.1, 0.15) is 0 Å². The highest BCUT2D eigenvalue weighted by atomic mass is 32.1. The highest BCUT2D eigenvalue weighted by molar-refractivity contribution is 7.80. The van der Waals surface area contributed by atoms with Gasteiger partial charge in [0.05, 0.1) is 0 Å². The Labute approximate surface area is 144 Å². The minimum absolute atomic E-state index is 0.555. The Hall–Kier alpha value is -1.35. The lowest BCUT2D eigenvalue weighted by atomic mass is 9.79. The van der Waals surface area contributed by atoms with Gasteiger partial charge in [-0.1, -0.05) is 38.1 Å². The fourth-order valence-electron chi connectivity index (χ4n) is 5.00. The summed E-state index contributed by atoms with van der Waals surface area (Å²) in [6.07, 6.45) is 8.85. The molecule has 0 aliphatic heterocycles. The molecule has 1 aromatic carbocycles. The van der Waals surface area contributed by atoms with E-state index in [9.17, 15) is 0 Å². The van der Waals surface area contributed by atoms with Gasteiger partial charge in [0.15, 0.2) is 5.11 Å². The van der Waals surface area contributed by atoms with Crippen molar-refractivity contribution in [3.05, 3.63) is 42.0 Å². The first kappa shape index (κ1) is 15.2. The SMILES string of the molecule is CC(C)c1ccc(NC(=S)N[C@H]2C[C@H]3C[C@@H]2[C@H]2C=CC[C@H]32)cc1. The Morgan fingerprint density at radius 2 is 1.91 bits per heavy atom. The molecule has 0 aromatic heterocycles. The van der Waals surface area contributed by atoms with Crippen molar-refractivity contribution in [1.29, 1.82) is 0 Å². The van der Waals surface area contributed by atoms with Gasteiger partial charge in [-0.05, 0) is 78.8 Å². The summed E-state index contributed by atoms with van der Waals surface area (Å²) in [6, 6.07) is 9.17. The van der Waals surface area contributed by atoms with Crippen molar-refractivity contribution < 1.29 is 0 Å². The maximum Gasteiger partial charge on any atom is 0.171 e. The van der Waals surface area contributed by atoms with E-state index in [0.29, 0.717) is 12.0 Å². The topological polar surface area (TPSA) is 24.1 Å². The van der Waals surface area contributed by atoms with Gasteiger partial charge in [0.2, 0.25) is 0 Å². The minimum atomic E-state index is 0.555. The van der Waals surface area contributed by atoms with Crippen molar-refractivity contribution in [2.75, 3.05) is 5.32 Å². The van der Waals surface area contributed by atoms with Crippen LogP contribution in [0.3, 0.4) is 0 Å². The zero-order valence-corrected chi connectivity index (χ0v) is 14.8. The van der Waals surface area contributed by atoms with Crippen LogP contribution in [-0.4, -0.2) is 11.2 Å². The van der Waals surface area contributed by atoms with Crippen LogP contribution in [-0.2, 0) is 0 Å². The Balaban J connectivity index is 1.35. The van der Waals surface area contributed by atoms with Crippen molar-refractivity contribution in [2.24, 2.45) is 23.7 Å². The second-order valence-corrected chi connectivity index (χ2v) is 8.19. The summed E-state index contributed by atoms with van der Waals surface area (Å²) in [4.78, 5) is 0. The standard InChI is InChI=1S/C20H26N2S/c1-12(2)13-6-8-15(9-7-13)21-20(23)22-19-11-14-10-18(19)17-5-3-4-16(14)17/h3,5-9,12,14,16-19H,4,10-11H2,1-2H3,(H2,21,22,23)/t14-,16-,17+,18-,19+/m1/s1. The quantitative estimate of drug-likeness (QED) is 0.622. The molecular formula is C20H26N2S. The molecule has 0 saturated heterocycles. The van der Waals surface area contributed by atoms with Crippen LogP contribution < -0.4 is 10.6 Å². The number of fused-ring (bicyclic) bond motifs is 5. The Bertz CT molecular complexity index is 619. The molecular weight excluding hydrogens is 300 g/mol. The molecule has 1 aromatic rings. The predicted molar refractivity (Wildman–Crippen MR) is 101 cm³/mol. The third kappa shape index (κ3) is 2.80. The van der Waals surface area contributed by atoms with Gasteiger partial charge in [-0.2, -0.15) is 0 Å². The van der Waals surface area contributed by atoms with E-state index in [2.05, 4.69) is 60.9 Å². The van der Waals surface area contributed by atoms with E-state index in [1.165, 1.54) is 24.8 Å². The monoisotopic (exact) mass is 326 g/mol. The van der Waals surface area contributed by atoms with Crippen LogP contribution in [0.25, 0.3) is 0 Å². The largest absolute Gasteiger partial charge is 0.359 e. The van der Waals surface area contributed by atoms with E-state index in [-0.39, 0.29) is 0 Å². The molecule has 3 aliphatic carbocycles. The van der Waals surface area contributed by atoms with Crippen LogP contribution in [0.4, 0.5) is 5.69 Å². The summed E-state index contributed by atoms with van der Waals surface area (Å²) in [5, 5.41) is 7.73. The zero-order valence-electron chi connectivity index (χ0n) is 14.0. The molecule has 2 saturated carbocycles. The molecule has 0 amide bonds. The molecule has 0 unspecified atom stereocenters. The molecule has 0 heterocycles. The lowest BCUT2D eigenvalue weighted by Crippen LogP contribution is -2.44. The molecule has 5 atom stereocenters. The van der Waals surface area contributed by atoms with Crippen molar-refractivity contribution in [2.45, 2.75) is 45.1 Å². The normalized spacial score (nSPS) is 34.0. The number of thiocarbonyl (C=S) groups is 1. The molecule has 4 rings (SSSR count). The summed E-state index contributed by atoms with van der Waals surface area (Å²) in [5.41, 5.74) is 2.44. The van der Waals surface area contributed by atoms with E-state index in [1.54, 1.807) is 0 Å². The number of hydrogen-bond donors (Lipinski definition) is 2. The van der Waals surface area contributed by atoms with Crippen LogP contribution in [0.2, 0.25) is 0 Å². The number of benzene rings is 1. The number of anilines is 1. The van der Waals surface area contributed by atoms with Crippen LogP contribution in [0, 0.1) is 23.7 Å². The second-order valence-electron chi connectivity index (χ2n) is 7.78. The van der Waals surface area contributed by atoms with E-state index < -0.39 is 0 Å². The van der Waals surface area contributed by atoms with Crippen molar-refractivity contribution in [3.8, 4) is 0 Å². The highest BCUT2D eigenvalue weighted by Gasteiger charge is 2.52. The van der Waals surface area contributed by atoms with Crippen LogP contribution in [0.5, 0.6) is 0 Å². The lowest BCUT2D eigenvalue weighted by Gasteiger charge is -2.32. The van der Waals surface area contributed by atoms with E-state index in [0.717, 1.165) is 34.5 Å². The first-order valence-electron chi connectivity index (χ1n) is 8.96. The maximum atomic E-state index is 5.55. The summed E-state index contributed by atoms with van der Waals surface area (Å²) in [6.45, 7) is 4.43. The van der Waals surface area contributed by atoms with Crippen LogP contribution in [0.1, 0.15) is 44.6 Å². The molecule has 2 fully saturated rings. The van der Waals surface area contributed by atoms with E-state index in [4.69, 9.17) is 12.2 Å². The summed E-state index contributed by atoms with van der Waals surface area (Å²) in [5.74, 6) is 4.00. The van der Waals surface area contributed by atoms with Crippen LogP contribution >= 0.6 is 12.2 Å². The van der Waals surface area contributed by atoms with Gasteiger partial charge in [-0.25, -0.2) is 0 Å². The van der Waals surface area contributed by atoms with Crippen molar-refractivity contribution >= 4 is 23.0 Å². The smallest absolute Gasteiger partial charge is 0.171 e. The molecule has 0 spiro atoms. The molecule has 23 heavy (non-hydrogen) atoms. The van der Waals surface area contributed by atoms with Gasteiger partial charge in [0, 0.05) is 11.7 Å². The molecule has 122 valence electrons. The minimum Gasteiger partial charge on any atom is -0.359 e. The molecule has 2 N–H and O–H groups in total. The Kier molecular flexibility index (Phi) is 3.92. The van der Waals surface area contributed by atoms with Gasteiger partial charge in [-0.3, -0.25) is 0 Å². The average molecular weight is 327 g/mol. The van der Waals surface area contributed by atoms with Crippen molar-refractivity contribution in [3.63, 3.8) is 0 Å². The van der Waals surface area contributed by atoms with Gasteiger partial charge < -0.3 is 10.6 Å². The van der Waals surface area contributed by atoms with E-state index >= 15 is 0 Å². The number of rotatable bonds is 3. The summed E-state index contributed by atoms with van der Waals surface area (Å²) < 4.78 is 0. The third-order valence-electron chi connectivity index (χ3n) is 6.16. The Morgan fingerprint density at radius 1 is 1.13 bits per heavy atom. The van der Waals surface area contributed by atoms with Crippen molar-refractivity contribution in [1.82, 2.24) is 5.32 Å². The predicted octanol–water partition coefficient (Wildman–Crippen LogP) is 4.70. The zero-order chi connectivity index (χ0) is 16.0. The molecule has 3 heteroatoms. The maximum absolute atomic E-state index is 5.55. The van der Waals surface area contributed by atoms with Gasteiger partial charge >= 0.3 is 0 Å². The summed E-state index contributed by atoms with van der Waals surface area (Å²) >= 11 is 5.55. The average Bonchev–Trinajstić information content (AvgIpc) is 3.19. The Morgan fingerprint density at radius 3 is 2.65 bits per heavy atom. The summed E-state index contributed by atoms with van der Waals surface area (Å²) in [7, 11) is 0. The molecule has 2 bridgehead atoms. The lowest BCUT2D eigenvalue weighted by molar-refractivity contribution is 0.246.